The third kappa shape index (κ3) is 3.52. The van der Waals surface area contributed by atoms with Crippen LogP contribution >= 0.6 is 0 Å². The van der Waals surface area contributed by atoms with E-state index in [1.807, 2.05) is 37.3 Å². The van der Waals surface area contributed by atoms with Crippen LogP contribution in [-0.4, -0.2) is 33.8 Å². The summed E-state index contributed by atoms with van der Waals surface area (Å²) < 4.78 is 6.96. The minimum absolute atomic E-state index is 0.00273. The van der Waals surface area contributed by atoms with Crippen LogP contribution in [0.3, 0.4) is 0 Å². The fourth-order valence-corrected chi connectivity index (χ4v) is 3.88. The molecule has 27 heavy (non-hydrogen) atoms. The van der Waals surface area contributed by atoms with Crippen molar-refractivity contribution in [2.45, 2.75) is 45.2 Å². The van der Waals surface area contributed by atoms with Crippen LogP contribution in [0.4, 0.5) is 0 Å². The lowest BCUT2D eigenvalue weighted by atomic mass is 10.0. The Morgan fingerprint density at radius 2 is 1.96 bits per heavy atom. The molecule has 0 atom stereocenters. The van der Waals surface area contributed by atoms with Crippen molar-refractivity contribution in [3.05, 3.63) is 42.2 Å². The fraction of sp³-hybridized carbons (Fsp3) is 0.381. The molecule has 1 aliphatic carbocycles. The number of carbonyl (C=O) groups excluding carboxylic acids is 1. The third-order valence-electron chi connectivity index (χ3n) is 5.22. The minimum Gasteiger partial charge on any atom is -0.497 e. The van der Waals surface area contributed by atoms with Gasteiger partial charge in [0.2, 0.25) is 5.91 Å². The Balaban J connectivity index is 1.64. The second kappa shape index (κ2) is 7.39. The van der Waals surface area contributed by atoms with Crippen LogP contribution in [0.2, 0.25) is 0 Å². The molecule has 1 aliphatic rings. The molecule has 1 N–H and O–H groups in total. The normalized spacial score (nSPS) is 14.6. The number of hydrogen-bond donors (Lipinski definition) is 1. The van der Waals surface area contributed by atoms with Crippen LogP contribution in [0.1, 0.15) is 31.4 Å². The van der Waals surface area contributed by atoms with Gasteiger partial charge in [0.25, 0.3) is 0 Å². The number of fused-ring (bicyclic) bond motifs is 1. The average molecular weight is 364 g/mol. The standard InChI is InChI=1S/C21H24N4O2/c1-14-20-18(15-7-9-17(27-2)10-8-15)11-12-22-21(20)25(24-14)13-19(26)23-16-5-3-4-6-16/h7-12,16H,3-6,13H2,1-2H3,(H,23,26). The number of ether oxygens (including phenoxy) is 1. The Labute approximate surface area is 158 Å². The molecule has 1 saturated carbocycles. The van der Waals surface area contributed by atoms with Crippen LogP contribution in [0.25, 0.3) is 22.2 Å². The quantitative estimate of drug-likeness (QED) is 0.753. The maximum Gasteiger partial charge on any atom is 0.242 e. The number of aromatic nitrogens is 3. The molecular weight excluding hydrogens is 340 g/mol. The highest BCUT2D eigenvalue weighted by atomic mass is 16.5. The smallest absolute Gasteiger partial charge is 0.242 e. The molecule has 4 rings (SSSR count). The molecule has 0 spiro atoms. The Kier molecular flexibility index (Phi) is 4.79. The fourth-order valence-electron chi connectivity index (χ4n) is 3.88. The number of hydrogen-bond acceptors (Lipinski definition) is 4. The van der Waals surface area contributed by atoms with Gasteiger partial charge >= 0.3 is 0 Å². The van der Waals surface area contributed by atoms with Gasteiger partial charge in [-0.05, 0) is 49.1 Å². The van der Waals surface area contributed by atoms with E-state index in [9.17, 15) is 4.79 Å². The molecule has 3 aromatic rings. The van der Waals surface area contributed by atoms with E-state index in [-0.39, 0.29) is 12.5 Å². The second-order valence-electron chi connectivity index (χ2n) is 7.08. The number of aryl methyl sites for hydroxylation is 1. The molecule has 1 aromatic carbocycles. The summed E-state index contributed by atoms with van der Waals surface area (Å²) in [6.07, 6.45) is 6.31. The summed E-state index contributed by atoms with van der Waals surface area (Å²) in [6.45, 7) is 2.16. The van der Waals surface area contributed by atoms with Crippen LogP contribution in [-0.2, 0) is 11.3 Å². The maximum absolute atomic E-state index is 12.4. The van der Waals surface area contributed by atoms with E-state index in [4.69, 9.17) is 4.74 Å². The molecule has 2 heterocycles. The van der Waals surface area contributed by atoms with Gasteiger partial charge in [0.1, 0.15) is 12.3 Å². The lowest BCUT2D eigenvalue weighted by molar-refractivity contribution is -0.122. The Morgan fingerprint density at radius 1 is 1.22 bits per heavy atom. The summed E-state index contributed by atoms with van der Waals surface area (Å²) in [5.74, 6) is 0.822. The monoisotopic (exact) mass is 364 g/mol. The lowest BCUT2D eigenvalue weighted by Gasteiger charge is -2.12. The molecule has 0 aliphatic heterocycles. The number of nitrogens with zero attached hydrogens (tertiary/aromatic N) is 3. The molecule has 140 valence electrons. The zero-order chi connectivity index (χ0) is 18.8. The van der Waals surface area contributed by atoms with Crippen molar-refractivity contribution in [2.75, 3.05) is 7.11 Å². The molecule has 1 fully saturated rings. The number of rotatable bonds is 5. The van der Waals surface area contributed by atoms with E-state index in [1.54, 1.807) is 18.0 Å². The summed E-state index contributed by atoms with van der Waals surface area (Å²) in [5.41, 5.74) is 3.74. The highest BCUT2D eigenvalue weighted by Gasteiger charge is 2.19. The van der Waals surface area contributed by atoms with Crippen molar-refractivity contribution in [1.82, 2.24) is 20.1 Å². The van der Waals surface area contributed by atoms with E-state index in [1.165, 1.54) is 12.8 Å². The summed E-state index contributed by atoms with van der Waals surface area (Å²) in [4.78, 5) is 16.9. The average Bonchev–Trinajstić information content (AvgIpc) is 3.30. The van der Waals surface area contributed by atoms with Crippen molar-refractivity contribution in [2.24, 2.45) is 0 Å². The molecule has 6 heteroatoms. The summed E-state index contributed by atoms with van der Waals surface area (Å²) in [5, 5.41) is 8.69. The second-order valence-corrected chi connectivity index (χ2v) is 7.08. The largest absolute Gasteiger partial charge is 0.497 e. The predicted molar refractivity (Wildman–Crippen MR) is 105 cm³/mol. The number of methoxy groups -OCH3 is 1. The van der Waals surface area contributed by atoms with E-state index in [0.29, 0.717) is 6.04 Å². The van der Waals surface area contributed by atoms with Crippen molar-refractivity contribution < 1.29 is 9.53 Å². The zero-order valence-electron chi connectivity index (χ0n) is 15.7. The van der Waals surface area contributed by atoms with Gasteiger partial charge in [0, 0.05) is 17.6 Å². The number of pyridine rings is 1. The lowest BCUT2D eigenvalue weighted by Crippen LogP contribution is -2.35. The van der Waals surface area contributed by atoms with Crippen molar-refractivity contribution in [1.29, 1.82) is 0 Å². The first-order chi connectivity index (χ1) is 13.2. The molecule has 0 radical (unpaired) electrons. The maximum atomic E-state index is 12.4. The molecule has 0 saturated heterocycles. The Morgan fingerprint density at radius 3 is 2.67 bits per heavy atom. The molecular formula is C21H24N4O2. The van der Waals surface area contributed by atoms with Crippen molar-refractivity contribution >= 4 is 16.9 Å². The van der Waals surface area contributed by atoms with E-state index in [0.717, 1.165) is 46.4 Å². The van der Waals surface area contributed by atoms with Gasteiger partial charge in [-0.1, -0.05) is 25.0 Å². The zero-order valence-corrected chi connectivity index (χ0v) is 15.7. The first kappa shape index (κ1) is 17.5. The van der Waals surface area contributed by atoms with Gasteiger partial charge in [0.05, 0.1) is 12.8 Å². The van der Waals surface area contributed by atoms with Crippen molar-refractivity contribution in [3.8, 4) is 16.9 Å². The highest BCUT2D eigenvalue weighted by molar-refractivity contribution is 5.95. The molecule has 6 nitrogen and oxygen atoms in total. The summed E-state index contributed by atoms with van der Waals surface area (Å²) >= 11 is 0. The van der Waals surface area contributed by atoms with Gasteiger partial charge < -0.3 is 10.1 Å². The SMILES string of the molecule is COc1ccc(-c2ccnc3c2c(C)nn3CC(=O)NC2CCCC2)cc1. The minimum atomic E-state index is 0.00273. The van der Waals surface area contributed by atoms with Crippen LogP contribution < -0.4 is 10.1 Å². The van der Waals surface area contributed by atoms with E-state index < -0.39 is 0 Å². The first-order valence-electron chi connectivity index (χ1n) is 9.41. The first-order valence-corrected chi connectivity index (χ1v) is 9.41. The Bertz CT molecular complexity index is 956. The van der Waals surface area contributed by atoms with Gasteiger partial charge in [-0.3, -0.25) is 4.79 Å². The van der Waals surface area contributed by atoms with Crippen molar-refractivity contribution in [3.63, 3.8) is 0 Å². The van der Waals surface area contributed by atoms with Crippen LogP contribution in [0, 0.1) is 6.92 Å². The summed E-state index contributed by atoms with van der Waals surface area (Å²) in [6, 6.07) is 10.2. The summed E-state index contributed by atoms with van der Waals surface area (Å²) in [7, 11) is 1.66. The third-order valence-corrected chi connectivity index (χ3v) is 5.22. The number of amides is 1. The number of benzene rings is 1. The van der Waals surface area contributed by atoms with Crippen LogP contribution in [0.5, 0.6) is 5.75 Å². The van der Waals surface area contributed by atoms with Crippen LogP contribution in [0.15, 0.2) is 36.5 Å². The van der Waals surface area contributed by atoms with Gasteiger partial charge in [0.15, 0.2) is 5.65 Å². The van der Waals surface area contributed by atoms with Gasteiger partial charge in [-0.2, -0.15) is 5.10 Å². The van der Waals surface area contributed by atoms with Gasteiger partial charge in [-0.15, -0.1) is 0 Å². The van der Waals surface area contributed by atoms with E-state index >= 15 is 0 Å². The number of carbonyl (C=O) groups is 1. The molecule has 0 bridgehead atoms. The van der Waals surface area contributed by atoms with Gasteiger partial charge in [-0.25, -0.2) is 9.67 Å². The Hall–Kier alpha value is -2.89. The molecule has 1 amide bonds. The topological polar surface area (TPSA) is 69.0 Å². The number of nitrogens with one attached hydrogen (secondary N) is 1. The molecule has 2 aromatic heterocycles. The molecule has 0 unspecified atom stereocenters. The highest BCUT2D eigenvalue weighted by Crippen LogP contribution is 2.30. The van der Waals surface area contributed by atoms with E-state index in [2.05, 4.69) is 15.4 Å². The predicted octanol–water partition coefficient (Wildman–Crippen LogP) is 3.47.